The summed E-state index contributed by atoms with van der Waals surface area (Å²) in [4.78, 5) is 28.6. The van der Waals surface area contributed by atoms with Crippen LogP contribution in [0.5, 0.6) is 0 Å². The molecule has 0 saturated heterocycles. The van der Waals surface area contributed by atoms with Gasteiger partial charge in [-0.15, -0.1) is 0 Å². The van der Waals surface area contributed by atoms with Crippen LogP contribution in [0, 0.1) is 0 Å². The van der Waals surface area contributed by atoms with E-state index in [1.807, 2.05) is 0 Å². The Morgan fingerprint density at radius 2 is 1.57 bits per heavy atom. The molecule has 0 aliphatic heterocycles. The van der Waals surface area contributed by atoms with Gasteiger partial charge in [0, 0.05) is 30.8 Å². The summed E-state index contributed by atoms with van der Waals surface area (Å²) in [5.41, 5.74) is -5.01. The van der Waals surface area contributed by atoms with Crippen molar-refractivity contribution < 1.29 is 45.8 Å². The maximum absolute atomic E-state index is 14.0. The van der Waals surface area contributed by atoms with E-state index in [2.05, 4.69) is 14.7 Å². The Morgan fingerprint density at radius 3 is 2.07 bits per heavy atom. The molecule has 232 valence electrons. The molecule has 10 nitrogen and oxygen atoms in total. The Bertz CT molecular complexity index is 1350. The Morgan fingerprint density at radius 1 is 0.976 bits per heavy atom. The number of esters is 1. The van der Waals surface area contributed by atoms with E-state index in [0.29, 0.717) is 11.1 Å². The third-order valence-electron chi connectivity index (χ3n) is 5.44. The van der Waals surface area contributed by atoms with Crippen molar-refractivity contribution in [3.8, 4) is 11.1 Å². The smallest absolute Gasteiger partial charge is 0.423 e. The molecule has 0 fully saturated rings. The highest BCUT2D eigenvalue weighted by Crippen LogP contribution is 2.41. The van der Waals surface area contributed by atoms with E-state index >= 15 is 0 Å². The first-order valence-electron chi connectivity index (χ1n) is 12.9. The number of hydrogen-bond acceptors (Lipinski definition) is 8. The molecule has 0 radical (unpaired) electrons. The number of aliphatic hydroxyl groups is 1. The van der Waals surface area contributed by atoms with E-state index in [-0.39, 0.29) is 0 Å². The highest BCUT2D eigenvalue weighted by molar-refractivity contribution is 7.90. The molecule has 1 unspecified atom stereocenters. The average molecular weight is 616 g/mol. The fraction of sp³-hybridized carbons (Fsp3) is 0.500. The molecular formula is C28H36F3N3O7S. The predicted molar refractivity (Wildman–Crippen MR) is 150 cm³/mol. The van der Waals surface area contributed by atoms with Crippen molar-refractivity contribution >= 4 is 28.3 Å². The number of amides is 1. The van der Waals surface area contributed by atoms with Crippen molar-refractivity contribution in [2.24, 2.45) is 4.40 Å². The summed E-state index contributed by atoms with van der Waals surface area (Å²) in [5.74, 6) is -2.10. The minimum Gasteiger partial charge on any atom is -0.458 e. The standard InChI is InChI=1S/C28H36F3N3O7S/c1-25(2,3)40-23(35)21(34-24(36)41-26(4,5)6)14-16-33-42(38,39)17-15-27(37,28(29,30)31)22-13-12-20(18-32-22)19-10-8-7-9-11-19/h7-13,16,18,21,37H,14-15,17H2,1-6H3,(H,34,36)/t21-,27?/m0/s1. The average Bonchev–Trinajstić information content (AvgIpc) is 2.84. The van der Waals surface area contributed by atoms with Crippen molar-refractivity contribution in [1.82, 2.24) is 10.3 Å². The van der Waals surface area contributed by atoms with Crippen LogP contribution in [0.2, 0.25) is 0 Å². The van der Waals surface area contributed by atoms with Crippen molar-refractivity contribution in [3.63, 3.8) is 0 Å². The van der Waals surface area contributed by atoms with Gasteiger partial charge >= 0.3 is 18.2 Å². The number of ether oxygens (including phenoxy) is 2. The predicted octanol–water partition coefficient (Wildman–Crippen LogP) is 4.91. The molecule has 0 aliphatic carbocycles. The van der Waals surface area contributed by atoms with Gasteiger partial charge in [0.15, 0.2) is 0 Å². The number of nitrogens with one attached hydrogen (secondary N) is 1. The summed E-state index contributed by atoms with van der Waals surface area (Å²) < 4.78 is 80.7. The molecule has 2 atom stereocenters. The second-order valence-electron chi connectivity index (χ2n) is 11.4. The van der Waals surface area contributed by atoms with Gasteiger partial charge in [0.05, 0.1) is 11.4 Å². The zero-order valence-electron chi connectivity index (χ0n) is 24.2. The molecule has 1 heterocycles. The van der Waals surface area contributed by atoms with E-state index < -0.39 is 75.4 Å². The molecule has 2 N–H and O–H groups in total. The van der Waals surface area contributed by atoms with Gasteiger partial charge in [-0.3, -0.25) is 4.98 Å². The molecule has 1 amide bonds. The maximum Gasteiger partial charge on any atom is 0.423 e. The number of aromatic nitrogens is 1. The number of benzene rings is 1. The van der Waals surface area contributed by atoms with Gasteiger partial charge in [-0.25, -0.2) is 18.0 Å². The van der Waals surface area contributed by atoms with Gasteiger partial charge < -0.3 is 19.9 Å². The molecule has 14 heteroatoms. The molecule has 1 aromatic carbocycles. The van der Waals surface area contributed by atoms with Crippen LogP contribution in [0.1, 0.15) is 60.1 Å². The number of alkyl halides is 3. The van der Waals surface area contributed by atoms with Crippen LogP contribution in [0.4, 0.5) is 18.0 Å². The van der Waals surface area contributed by atoms with Gasteiger partial charge in [-0.2, -0.15) is 17.6 Å². The largest absolute Gasteiger partial charge is 0.458 e. The van der Waals surface area contributed by atoms with Crippen molar-refractivity contribution in [2.75, 3.05) is 5.75 Å². The summed E-state index contributed by atoms with van der Waals surface area (Å²) in [7, 11) is -4.56. The van der Waals surface area contributed by atoms with E-state index in [9.17, 15) is 36.3 Å². The third-order valence-corrected chi connectivity index (χ3v) is 6.63. The van der Waals surface area contributed by atoms with Gasteiger partial charge in [0.25, 0.3) is 10.0 Å². The molecule has 42 heavy (non-hydrogen) atoms. The molecule has 0 spiro atoms. The van der Waals surface area contributed by atoms with Crippen LogP contribution < -0.4 is 5.32 Å². The number of hydrogen-bond donors (Lipinski definition) is 2. The zero-order valence-corrected chi connectivity index (χ0v) is 25.0. The minimum absolute atomic E-state index is 0.473. The number of carbonyl (C=O) groups excluding carboxylic acids is 2. The highest BCUT2D eigenvalue weighted by atomic mass is 32.2. The monoisotopic (exact) mass is 615 g/mol. The van der Waals surface area contributed by atoms with Crippen molar-refractivity contribution in [3.05, 3.63) is 54.4 Å². The lowest BCUT2D eigenvalue weighted by molar-refractivity contribution is -0.268. The van der Waals surface area contributed by atoms with Crippen LogP contribution in [0.15, 0.2) is 53.1 Å². The van der Waals surface area contributed by atoms with Crippen LogP contribution in [-0.2, 0) is 29.9 Å². The zero-order chi connectivity index (χ0) is 32.0. The summed E-state index contributed by atoms with van der Waals surface area (Å²) in [6, 6.07) is 9.63. The second kappa shape index (κ2) is 13.2. The Labute approximate surface area is 243 Å². The lowest BCUT2D eigenvalue weighted by Gasteiger charge is -2.29. The number of alkyl carbamates (subject to hydrolysis) is 1. The van der Waals surface area contributed by atoms with Crippen molar-refractivity contribution in [1.29, 1.82) is 0 Å². The lowest BCUT2D eigenvalue weighted by Crippen LogP contribution is -2.46. The fourth-order valence-corrected chi connectivity index (χ4v) is 4.46. The number of rotatable bonds is 10. The number of carbonyl (C=O) groups is 2. The van der Waals surface area contributed by atoms with Gasteiger partial charge in [-0.05, 0) is 53.2 Å². The first kappa shape index (κ1) is 34.7. The van der Waals surface area contributed by atoms with E-state index in [1.165, 1.54) is 6.07 Å². The lowest BCUT2D eigenvalue weighted by atomic mass is 9.94. The van der Waals surface area contributed by atoms with E-state index in [0.717, 1.165) is 18.5 Å². The topological polar surface area (TPSA) is 144 Å². The molecule has 2 aromatic rings. The van der Waals surface area contributed by atoms with Crippen molar-refractivity contribution in [2.45, 2.75) is 83.4 Å². The molecule has 1 aromatic heterocycles. The van der Waals surface area contributed by atoms with E-state index in [4.69, 9.17) is 9.47 Å². The van der Waals surface area contributed by atoms with Crippen LogP contribution in [0.3, 0.4) is 0 Å². The van der Waals surface area contributed by atoms with Crippen LogP contribution in [-0.4, -0.2) is 66.0 Å². The number of halogens is 3. The number of pyridine rings is 1. The van der Waals surface area contributed by atoms with Gasteiger partial charge in [0.1, 0.15) is 17.2 Å². The molecule has 0 aliphatic rings. The highest BCUT2D eigenvalue weighted by Gasteiger charge is 2.56. The molecule has 0 saturated carbocycles. The Hall–Kier alpha value is -3.52. The third kappa shape index (κ3) is 10.7. The quantitative estimate of drug-likeness (QED) is 0.283. The Balaban J connectivity index is 2.19. The first-order valence-corrected chi connectivity index (χ1v) is 14.5. The second-order valence-corrected chi connectivity index (χ2v) is 13.2. The Kier molecular flexibility index (Phi) is 10.9. The van der Waals surface area contributed by atoms with E-state index in [1.54, 1.807) is 71.9 Å². The van der Waals surface area contributed by atoms with Crippen LogP contribution in [0.25, 0.3) is 11.1 Å². The summed E-state index contributed by atoms with van der Waals surface area (Å²) in [6.45, 7) is 9.54. The SMILES string of the molecule is CC(C)(C)OC(=O)N[C@@H](CC=NS(=O)(=O)CCC(O)(c1ccc(-c2ccccc2)cn1)C(F)(F)F)C(=O)OC(C)(C)C. The maximum atomic E-state index is 14.0. The normalized spacial score (nSPS) is 15.1. The molecule has 0 bridgehead atoms. The first-order chi connectivity index (χ1) is 19.1. The molecular weight excluding hydrogens is 579 g/mol. The molecule has 2 rings (SSSR count). The number of sulfonamides is 1. The minimum atomic E-state index is -5.26. The summed E-state index contributed by atoms with van der Waals surface area (Å²) in [6.07, 6.45) is -6.08. The summed E-state index contributed by atoms with van der Waals surface area (Å²) >= 11 is 0. The number of nitrogens with zero attached hydrogens (tertiary/aromatic N) is 2. The van der Waals surface area contributed by atoms with Gasteiger partial charge in [-0.1, -0.05) is 36.4 Å². The summed E-state index contributed by atoms with van der Waals surface area (Å²) in [5, 5.41) is 12.9. The fourth-order valence-electron chi connectivity index (χ4n) is 3.48. The van der Waals surface area contributed by atoms with Gasteiger partial charge in [0.2, 0.25) is 5.60 Å². The van der Waals surface area contributed by atoms with Crippen LogP contribution >= 0.6 is 0 Å².